The third-order valence-corrected chi connectivity index (χ3v) is 6.22. The molecule has 1 saturated carbocycles. The monoisotopic (exact) mass is 530 g/mol. The lowest BCUT2D eigenvalue weighted by atomic mass is 9.79. The molecule has 2 fully saturated rings. The Balaban J connectivity index is 1.68. The molecule has 206 valence electrons. The highest BCUT2D eigenvalue weighted by Gasteiger charge is 2.50. The first-order chi connectivity index (χ1) is 17.4. The molecule has 2 aliphatic rings. The van der Waals surface area contributed by atoms with E-state index in [4.69, 9.17) is 24.1 Å². The summed E-state index contributed by atoms with van der Waals surface area (Å²) >= 11 is 0. The number of aliphatic hydroxyl groups excluding tert-OH is 6. The van der Waals surface area contributed by atoms with Crippen LogP contribution < -0.4 is 9.47 Å². The van der Waals surface area contributed by atoms with Gasteiger partial charge in [-0.05, 0) is 23.8 Å². The molecule has 1 heterocycles. The number of methoxy groups -OCH3 is 1. The van der Waals surface area contributed by atoms with Crippen LogP contribution in [0.15, 0.2) is 24.3 Å². The maximum Gasteiger partial charge on any atom is 0.335 e. The van der Waals surface area contributed by atoms with Gasteiger partial charge in [0.2, 0.25) is 6.29 Å². The van der Waals surface area contributed by atoms with Crippen LogP contribution in [0, 0.1) is 0 Å². The molecule has 1 aliphatic carbocycles. The normalized spacial score (nSPS) is 36.2. The van der Waals surface area contributed by atoms with E-state index in [1.165, 1.54) is 31.4 Å². The van der Waals surface area contributed by atoms with Gasteiger partial charge in [0, 0.05) is 18.9 Å². The van der Waals surface area contributed by atoms with E-state index in [2.05, 4.69) is 0 Å². The lowest BCUT2D eigenvalue weighted by molar-refractivity contribution is -0.277. The van der Waals surface area contributed by atoms with Crippen LogP contribution in [0.1, 0.15) is 18.4 Å². The molecule has 37 heavy (non-hydrogen) atoms. The number of ether oxygens (including phenoxy) is 4. The van der Waals surface area contributed by atoms with Crippen molar-refractivity contribution in [3.63, 3.8) is 0 Å². The Morgan fingerprint density at radius 3 is 2.38 bits per heavy atom. The van der Waals surface area contributed by atoms with Crippen molar-refractivity contribution in [2.75, 3.05) is 13.7 Å². The van der Waals surface area contributed by atoms with E-state index in [-0.39, 0.29) is 11.5 Å². The van der Waals surface area contributed by atoms with Crippen LogP contribution in [0.25, 0.3) is 6.08 Å². The molecule has 0 unspecified atom stereocenters. The third kappa shape index (κ3) is 6.37. The molecule has 0 radical (unpaired) electrons. The van der Waals surface area contributed by atoms with Gasteiger partial charge in [-0.3, -0.25) is 0 Å². The Bertz CT molecular complexity index is 996. The van der Waals surface area contributed by atoms with Crippen molar-refractivity contribution in [3.8, 4) is 11.5 Å². The van der Waals surface area contributed by atoms with Gasteiger partial charge in [-0.1, -0.05) is 6.07 Å². The molecular weight excluding hydrogens is 500 g/mol. The van der Waals surface area contributed by atoms with Gasteiger partial charge in [0.25, 0.3) is 0 Å². The largest absolute Gasteiger partial charge is 0.493 e. The third-order valence-electron chi connectivity index (χ3n) is 6.22. The van der Waals surface area contributed by atoms with Crippen molar-refractivity contribution in [1.82, 2.24) is 0 Å². The number of carbonyl (C=O) groups is 2. The minimum atomic E-state index is -2.36. The van der Waals surface area contributed by atoms with Crippen molar-refractivity contribution in [2.24, 2.45) is 0 Å². The molecule has 0 amide bonds. The van der Waals surface area contributed by atoms with Crippen LogP contribution in [0.4, 0.5) is 0 Å². The minimum Gasteiger partial charge on any atom is -0.493 e. The molecule has 1 saturated heterocycles. The minimum absolute atomic E-state index is 0.0684. The summed E-state index contributed by atoms with van der Waals surface area (Å²) in [4.78, 5) is 23.5. The molecule has 8 N–H and O–H groups in total. The molecule has 0 aromatic heterocycles. The first-order valence-corrected chi connectivity index (χ1v) is 11.3. The van der Waals surface area contributed by atoms with E-state index in [9.17, 15) is 45.3 Å². The summed E-state index contributed by atoms with van der Waals surface area (Å²) in [6, 6.07) is 4.32. The number of hydrogen-bond donors (Lipinski definition) is 8. The molecule has 0 bridgehead atoms. The number of aliphatic carboxylic acids is 1. The summed E-state index contributed by atoms with van der Waals surface area (Å²) in [5.74, 6) is -2.40. The van der Waals surface area contributed by atoms with E-state index in [0.717, 1.165) is 6.08 Å². The van der Waals surface area contributed by atoms with Crippen LogP contribution in [0.5, 0.6) is 11.5 Å². The van der Waals surface area contributed by atoms with Crippen LogP contribution >= 0.6 is 0 Å². The number of esters is 1. The predicted octanol–water partition coefficient (Wildman–Crippen LogP) is -2.87. The second kappa shape index (κ2) is 11.7. The topological polar surface area (TPSA) is 233 Å². The summed E-state index contributed by atoms with van der Waals surface area (Å²) in [6.45, 7) is -0.631. The predicted molar refractivity (Wildman–Crippen MR) is 120 cm³/mol. The quantitative estimate of drug-likeness (QED) is 0.125. The lowest BCUT2D eigenvalue weighted by Crippen LogP contribution is -2.60. The van der Waals surface area contributed by atoms with E-state index in [0.29, 0.717) is 5.56 Å². The summed E-state index contributed by atoms with van der Waals surface area (Å²) in [5.41, 5.74) is -1.96. The smallest absolute Gasteiger partial charge is 0.335 e. The molecule has 1 aromatic rings. The van der Waals surface area contributed by atoms with Crippen LogP contribution in [-0.2, 0) is 19.1 Å². The van der Waals surface area contributed by atoms with Gasteiger partial charge >= 0.3 is 11.9 Å². The van der Waals surface area contributed by atoms with E-state index in [1.807, 2.05) is 0 Å². The molecule has 9 atom stereocenters. The molecule has 0 spiro atoms. The maximum absolute atomic E-state index is 12.3. The summed E-state index contributed by atoms with van der Waals surface area (Å²) in [6.07, 6.45) is -11.1. The second-order valence-electron chi connectivity index (χ2n) is 8.84. The summed E-state index contributed by atoms with van der Waals surface area (Å²) in [7, 11) is 1.32. The molecule has 3 rings (SSSR count). The highest BCUT2D eigenvalue weighted by molar-refractivity contribution is 5.87. The zero-order valence-electron chi connectivity index (χ0n) is 19.7. The fourth-order valence-electron chi connectivity index (χ4n) is 4.07. The lowest BCUT2D eigenvalue weighted by Gasteiger charge is -2.39. The molecule has 14 heteroatoms. The first-order valence-electron chi connectivity index (χ1n) is 11.3. The highest BCUT2D eigenvalue weighted by Crippen LogP contribution is 2.33. The molecule has 14 nitrogen and oxygen atoms in total. The highest BCUT2D eigenvalue weighted by atomic mass is 16.7. The van der Waals surface area contributed by atoms with Gasteiger partial charge in [0.05, 0.1) is 19.8 Å². The number of rotatable bonds is 8. The van der Waals surface area contributed by atoms with Gasteiger partial charge in [-0.15, -0.1) is 0 Å². The Morgan fingerprint density at radius 1 is 1.05 bits per heavy atom. The van der Waals surface area contributed by atoms with Crippen molar-refractivity contribution in [1.29, 1.82) is 0 Å². The Labute approximate surface area is 210 Å². The van der Waals surface area contributed by atoms with Crippen molar-refractivity contribution in [2.45, 2.75) is 67.5 Å². The fourth-order valence-corrected chi connectivity index (χ4v) is 4.07. The summed E-state index contributed by atoms with van der Waals surface area (Å²) < 4.78 is 21.2. The second-order valence-corrected chi connectivity index (χ2v) is 8.84. The van der Waals surface area contributed by atoms with Gasteiger partial charge < -0.3 is 59.8 Å². The van der Waals surface area contributed by atoms with Gasteiger partial charge in [-0.25, -0.2) is 9.59 Å². The molecular formula is C23H30O14. The number of carboxylic acid groups (broad SMARTS) is 1. The zero-order valence-corrected chi connectivity index (χ0v) is 19.7. The zero-order chi connectivity index (χ0) is 27.5. The Kier molecular flexibility index (Phi) is 9.09. The van der Waals surface area contributed by atoms with Gasteiger partial charge in [0.15, 0.2) is 17.1 Å². The van der Waals surface area contributed by atoms with Crippen LogP contribution in [-0.4, -0.2) is 121 Å². The SMILES string of the molecule is COc1cc(/C=C/C(=O)O[C@@H]2C[C@](O)(C(=O)O)C[C@@H](O)[C@H]2O)ccc1O[C@@H]1O[C@H](CO)[C@@H](O)[C@H](O)[C@H]1O. The average molecular weight is 530 g/mol. The number of carbonyl (C=O) groups excluding carboxylic acids is 1. The van der Waals surface area contributed by atoms with E-state index in [1.54, 1.807) is 0 Å². The van der Waals surface area contributed by atoms with E-state index < -0.39 is 86.0 Å². The van der Waals surface area contributed by atoms with Crippen molar-refractivity contribution in [3.05, 3.63) is 29.8 Å². The molecule has 1 aliphatic heterocycles. The fraction of sp³-hybridized carbons (Fsp3) is 0.565. The van der Waals surface area contributed by atoms with Crippen molar-refractivity contribution < 1.29 is 69.4 Å². The van der Waals surface area contributed by atoms with Gasteiger partial charge in [-0.2, -0.15) is 0 Å². The summed E-state index contributed by atoms with van der Waals surface area (Å²) in [5, 5.41) is 78.5. The van der Waals surface area contributed by atoms with Crippen LogP contribution in [0.3, 0.4) is 0 Å². The van der Waals surface area contributed by atoms with Crippen LogP contribution in [0.2, 0.25) is 0 Å². The number of benzene rings is 1. The number of aliphatic hydroxyl groups is 7. The molecule has 1 aromatic carbocycles. The van der Waals surface area contributed by atoms with Crippen molar-refractivity contribution >= 4 is 18.0 Å². The maximum atomic E-state index is 12.3. The first kappa shape index (κ1) is 28.7. The number of carboxylic acids is 1. The number of hydrogen-bond acceptors (Lipinski definition) is 13. The van der Waals surface area contributed by atoms with E-state index >= 15 is 0 Å². The Morgan fingerprint density at radius 2 is 1.76 bits per heavy atom. The standard InChI is InChI=1S/C23H30O14/c1-34-13-6-10(2-4-12(13)36-21-20(30)19(29)18(28)15(9-24)37-21)3-5-16(26)35-14-8-23(33,22(31)32)7-11(25)17(14)27/h2-6,11,14-15,17-21,24-25,27-30,33H,7-9H2,1H3,(H,31,32)/b5-3+/t11-,14-,15-,17-,18-,19+,20-,21-,23+/m1/s1. The van der Waals surface area contributed by atoms with Gasteiger partial charge in [0.1, 0.15) is 36.6 Å². The Hall–Kier alpha value is -2.82. The average Bonchev–Trinajstić information content (AvgIpc) is 2.86.